The Kier molecular flexibility index (Phi) is 1.89. The van der Waals surface area contributed by atoms with Gasteiger partial charge in [-0.15, -0.1) is 22.7 Å². The molecule has 0 fully saturated rings. The number of hydrogen-bond donors (Lipinski definition) is 0. The lowest BCUT2D eigenvalue weighted by Gasteiger charge is -1.95. The fraction of sp³-hybridized carbons (Fsp3) is 0. The number of fused-ring (bicyclic) bond motifs is 1. The van der Waals surface area contributed by atoms with Gasteiger partial charge in [-0.1, -0.05) is 30.3 Å². The Hall–Kier alpha value is -1.12. The van der Waals surface area contributed by atoms with E-state index >= 15 is 0 Å². The molecule has 0 aliphatic carbocycles. The van der Waals surface area contributed by atoms with Gasteiger partial charge < -0.3 is 0 Å². The minimum atomic E-state index is 1.32. The normalized spacial score (nSPS) is 10.9. The molecule has 2 heteroatoms. The molecule has 0 unspecified atom stereocenters. The molecule has 0 aliphatic rings. The summed E-state index contributed by atoms with van der Waals surface area (Å²) in [5, 5.41) is 5.79. The van der Waals surface area contributed by atoms with Crippen molar-refractivity contribution in [1.82, 2.24) is 0 Å². The molecule has 0 atom stereocenters. The Morgan fingerprint density at radius 2 is 1.71 bits per heavy atom. The average Bonchev–Trinajstić information content (AvgIpc) is 2.79. The highest BCUT2D eigenvalue weighted by molar-refractivity contribution is 7.23. The Morgan fingerprint density at radius 1 is 0.857 bits per heavy atom. The van der Waals surface area contributed by atoms with Crippen molar-refractivity contribution in [3.63, 3.8) is 0 Å². The van der Waals surface area contributed by atoms with Crippen molar-refractivity contribution in [3.8, 4) is 10.4 Å². The van der Waals surface area contributed by atoms with E-state index in [9.17, 15) is 0 Å². The zero-order valence-electron chi connectivity index (χ0n) is 7.44. The van der Waals surface area contributed by atoms with Crippen LogP contribution in [0.25, 0.3) is 20.5 Å². The van der Waals surface area contributed by atoms with E-state index in [1.54, 1.807) is 0 Å². The molecule has 68 valence electrons. The standard InChI is InChI=1S/C12H8S2/c1-2-4-9(5-3-1)12-10-6-7-13-11(10)8-14-12/h1-8H. The molecule has 14 heavy (non-hydrogen) atoms. The van der Waals surface area contributed by atoms with Gasteiger partial charge in [-0.2, -0.15) is 0 Å². The molecule has 3 rings (SSSR count). The lowest BCUT2D eigenvalue weighted by atomic mass is 10.1. The molecular formula is C12H8S2. The van der Waals surface area contributed by atoms with E-state index in [0.29, 0.717) is 0 Å². The van der Waals surface area contributed by atoms with Gasteiger partial charge in [0.1, 0.15) is 0 Å². The second kappa shape index (κ2) is 3.23. The Balaban J connectivity index is 2.28. The first kappa shape index (κ1) is 8.21. The summed E-state index contributed by atoms with van der Waals surface area (Å²) in [5.74, 6) is 0. The first-order valence-electron chi connectivity index (χ1n) is 4.45. The van der Waals surface area contributed by atoms with Gasteiger partial charge in [-0.05, 0) is 17.0 Å². The summed E-state index contributed by atoms with van der Waals surface area (Å²) in [6.45, 7) is 0. The smallest absolute Gasteiger partial charge is 0.0456 e. The van der Waals surface area contributed by atoms with E-state index in [1.165, 1.54) is 20.5 Å². The van der Waals surface area contributed by atoms with Crippen LogP contribution in [-0.2, 0) is 0 Å². The second-order valence-electron chi connectivity index (χ2n) is 3.13. The fourth-order valence-corrected chi connectivity index (χ4v) is 3.60. The molecule has 0 N–H and O–H groups in total. The van der Waals surface area contributed by atoms with Gasteiger partial charge in [-0.3, -0.25) is 0 Å². The van der Waals surface area contributed by atoms with E-state index < -0.39 is 0 Å². The quantitative estimate of drug-likeness (QED) is 0.556. The summed E-state index contributed by atoms with van der Waals surface area (Å²) in [4.78, 5) is 1.39. The number of thiophene rings is 2. The van der Waals surface area contributed by atoms with Gasteiger partial charge in [0, 0.05) is 20.3 Å². The molecule has 2 aromatic heterocycles. The third kappa shape index (κ3) is 1.19. The number of rotatable bonds is 1. The zero-order chi connectivity index (χ0) is 9.38. The van der Waals surface area contributed by atoms with Crippen molar-refractivity contribution >= 4 is 32.8 Å². The van der Waals surface area contributed by atoms with Crippen LogP contribution >= 0.6 is 22.7 Å². The molecule has 0 spiro atoms. The third-order valence-corrected chi connectivity index (χ3v) is 4.32. The molecule has 0 bridgehead atoms. The van der Waals surface area contributed by atoms with E-state index in [0.717, 1.165) is 0 Å². The van der Waals surface area contributed by atoms with Gasteiger partial charge in [0.2, 0.25) is 0 Å². The van der Waals surface area contributed by atoms with Gasteiger partial charge >= 0.3 is 0 Å². The van der Waals surface area contributed by atoms with Crippen LogP contribution in [0.15, 0.2) is 47.2 Å². The first-order chi connectivity index (χ1) is 6.95. The largest absolute Gasteiger partial charge is 0.143 e. The Bertz CT molecular complexity index is 546. The van der Waals surface area contributed by atoms with Crippen LogP contribution in [0.5, 0.6) is 0 Å². The van der Waals surface area contributed by atoms with Gasteiger partial charge in [0.15, 0.2) is 0 Å². The van der Waals surface area contributed by atoms with Crippen LogP contribution in [0.1, 0.15) is 0 Å². The molecule has 0 radical (unpaired) electrons. The van der Waals surface area contributed by atoms with E-state index in [4.69, 9.17) is 0 Å². The maximum atomic E-state index is 2.24. The van der Waals surface area contributed by atoms with Gasteiger partial charge in [-0.25, -0.2) is 0 Å². The summed E-state index contributed by atoms with van der Waals surface area (Å²) in [7, 11) is 0. The molecule has 1 aromatic carbocycles. The SMILES string of the molecule is c1ccc(-c2scc3sccc23)cc1. The van der Waals surface area contributed by atoms with Crippen LogP contribution < -0.4 is 0 Å². The van der Waals surface area contributed by atoms with Crippen LogP contribution in [0.4, 0.5) is 0 Å². The molecule has 0 amide bonds. The summed E-state index contributed by atoms with van der Waals surface area (Å²) >= 11 is 3.65. The molecule has 0 saturated heterocycles. The highest BCUT2D eigenvalue weighted by Gasteiger charge is 2.06. The van der Waals surface area contributed by atoms with Crippen LogP contribution in [0.2, 0.25) is 0 Å². The molecule has 2 heterocycles. The summed E-state index contributed by atoms with van der Waals surface area (Å²) in [6.07, 6.45) is 0. The summed E-state index contributed by atoms with van der Waals surface area (Å²) < 4.78 is 1.40. The fourth-order valence-electron chi connectivity index (χ4n) is 1.59. The summed E-state index contributed by atoms with van der Waals surface area (Å²) in [5.41, 5.74) is 1.32. The predicted molar refractivity (Wildman–Crippen MR) is 65.1 cm³/mol. The van der Waals surface area contributed by atoms with Gasteiger partial charge in [0.05, 0.1) is 0 Å². The monoisotopic (exact) mass is 216 g/mol. The Labute approximate surface area is 90.5 Å². The lowest BCUT2D eigenvalue weighted by Crippen LogP contribution is -1.69. The molecule has 0 aliphatic heterocycles. The van der Waals surface area contributed by atoms with Crippen LogP contribution in [0.3, 0.4) is 0 Å². The lowest BCUT2D eigenvalue weighted by molar-refractivity contribution is 1.71. The molecule has 0 nitrogen and oxygen atoms in total. The summed E-state index contributed by atoms with van der Waals surface area (Å²) in [6, 6.07) is 12.8. The van der Waals surface area contributed by atoms with Crippen molar-refractivity contribution in [2.45, 2.75) is 0 Å². The highest BCUT2D eigenvalue weighted by atomic mass is 32.1. The Morgan fingerprint density at radius 3 is 2.57 bits per heavy atom. The molecule has 3 aromatic rings. The van der Waals surface area contributed by atoms with Crippen molar-refractivity contribution in [3.05, 3.63) is 47.2 Å². The van der Waals surface area contributed by atoms with Crippen LogP contribution in [0, 0.1) is 0 Å². The van der Waals surface area contributed by atoms with Gasteiger partial charge in [0.25, 0.3) is 0 Å². The van der Waals surface area contributed by atoms with Crippen molar-refractivity contribution in [1.29, 1.82) is 0 Å². The minimum absolute atomic E-state index is 1.32. The number of hydrogen-bond acceptors (Lipinski definition) is 2. The van der Waals surface area contributed by atoms with Crippen LogP contribution in [-0.4, -0.2) is 0 Å². The topological polar surface area (TPSA) is 0 Å². The maximum Gasteiger partial charge on any atom is 0.0456 e. The molecule has 0 saturated carbocycles. The van der Waals surface area contributed by atoms with Crippen molar-refractivity contribution < 1.29 is 0 Å². The average molecular weight is 216 g/mol. The maximum absolute atomic E-state index is 2.24. The molecular weight excluding hydrogens is 208 g/mol. The number of benzene rings is 1. The predicted octanol–water partition coefficient (Wildman–Crippen LogP) is 4.63. The van der Waals surface area contributed by atoms with Crippen molar-refractivity contribution in [2.75, 3.05) is 0 Å². The van der Waals surface area contributed by atoms with Crippen molar-refractivity contribution in [2.24, 2.45) is 0 Å². The first-order valence-corrected chi connectivity index (χ1v) is 6.21. The van der Waals surface area contributed by atoms with E-state index in [-0.39, 0.29) is 0 Å². The second-order valence-corrected chi connectivity index (χ2v) is 4.96. The van der Waals surface area contributed by atoms with E-state index in [1.807, 2.05) is 22.7 Å². The third-order valence-electron chi connectivity index (χ3n) is 2.26. The zero-order valence-corrected chi connectivity index (χ0v) is 9.07. The highest BCUT2D eigenvalue weighted by Crippen LogP contribution is 2.37. The minimum Gasteiger partial charge on any atom is -0.143 e. The van der Waals surface area contributed by atoms with E-state index in [2.05, 4.69) is 47.2 Å².